The summed E-state index contributed by atoms with van der Waals surface area (Å²) in [6, 6.07) is 13.2. The van der Waals surface area contributed by atoms with Crippen LogP contribution in [-0.2, 0) is 6.54 Å². The topological polar surface area (TPSA) is 92.9 Å². The third kappa shape index (κ3) is 4.52. The van der Waals surface area contributed by atoms with Gasteiger partial charge in [-0.2, -0.15) is 0 Å². The van der Waals surface area contributed by atoms with Crippen LogP contribution >= 0.6 is 11.3 Å². The van der Waals surface area contributed by atoms with E-state index in [9.17, 15) is 14.3 Å². The van der Waals surface area contributed by atoms with Gasteiger partial charge in [0.1, 0.15) is 5.82 Å². The van der Waals surface area contributed by atoms with Gasteiger partial charge in [-0.05, 0) is 49.6 Å². The number of nitrogens with zero attached hydrogens (tertiary/aromatic N) is 4. The van der Waals surface area contributed by atoms with E-state index in [4.69, 9.17) is 0 Å². The summed E-state index contributed by atoms with van der Waals surface area (Å²) in [5.41, 5.74) is 2.57. The average Bonchev–Trinajstić information content (AvgIpc) is 3.41. The van der Waals surface area contributed by atoms with Crippen molar-refractivity contribution in [2.45, 2.75) is 26.5 Å². The van der Waals surface area contributed by atoms with Gasteiger partial charge in [0.05, 0.1) is 28.9 Å². The lowest BCUT2D eigenvalue weighted by molar-refractivity contribution is 0.0940. The highest BCUT2D eigenvalue weighted by molar-refractivity contribution is 7.13. The van der Waals surface area contributed by atoms with Crippen LogP contribution in [0.4, 0.5) is 4.39 Å². The number of aliphatic hydroxyl groups is 1. The van der Waals surface area contributed by atoms with Crippen LogP contribution in [0.1, 0.15) is 40.6 Å². The van der Waals surface area contributed by atoms with E-state index in [2.05, 4.69) is 20.4 Å². The summed E-state index contributed by atoms with van der Waals surface area (Å²) in [6.07, 6.45) is -0.609. The van der Waals surface area contributed by atoms with Crippen molar-refractivity contribution in [2.24, 2.45) is 0 Å². The molecule has 1 amide bonds. The summed E-state index contributed by atoms with van der Waals surface area (Å²) in [6.45, 7) is 3.67. The number of rotatable bonds is 6. The molecule has 0 fully saturated rings. The van der Waals surface area contributed by atoms with Gasteiger partial charge in [0.2, 0.25) is 5.82 Å². The molecular formula is C22H20FN5O2S. The number of benzene rings is 1. The summed E-state index contributed by atoms with van der Waals surface area (Å²) in [7, 11) is 0. The van der Waals surface area contributed by atoms with Crippen LogP contribution in [-0.4, -0.2) is 30.8 Å². The number of pyridine rings is 1. The molecule has 2 N–H and O–H groups in total. The molecule has 0 spiro atoms. The first-order valence-corrected chi connectivity index (χ1v) is 10.5. The van der Waals surface area contributed by atoms with Crippen molar-refractivity contribution in [3.8, 4) is 16.4 Å². The second kappa shape index (κ2) is 8.75. The largest absolute Gasteiger partial charge is 0.389 e. The standard InChI is InChI=1S/C22H20FN5O2S/c1-13-18(14(2)29)9-8-16(25-13)12-24-22(30)20-26-21(19-7-4-10-31-19)28(27-20)17-6-3-5-15(23)11-17/h3-11,14,29H,12H2,1-2H3,(H,24,30)/t14-/m0/s1. The molecule has 0 aliphatic heterocycles. The van der Waals surface area contributed by atoms with Crippen molar-refractivity contribution in [3.63, 3.8) is 0 Å². The van der Waals surface area contributed by atoms with Gasteiger partial charge in [-0.25, -0.2) is 14.1 Å². The summed E-state index contributed by atoms with van der Waals surface area (Å²) in [5.74, 6) is -0.434. The first-order chi connectivity index (χ1) is 14.9. The molecule has 0 radical (unpaired) electrons. The van der Waals surface area contributed by atoms with Crippen LogP contribution in [0, 0.1) is 12.7 Å². The van der Waals surface area contributed by atoms with E-state index in [0.717, 1.165) is 10.4 Å². The van der Waals surface area contributed by atoms with Crippen molar-refractivity contribution in [3.05, 3.63) is 82.5 Å². The predicted octanol–water partition coefficient (Wildman–Crippen LogP) is 3.82. The molecule has 0 aliphatic rings. The van der Waals surface area contributed by atoms with Crippen molar-refractivity contribution in [2.75, 3.05) is 0 Å². The molecule has 0 saturated heterocycles. The third-order valence-corrected chi connectivity index (χ3v) is 5.53. The molecule has 0 aliphatic carbocycles. The Kier molecular flexibility index (Phi) is 5.88. The zero-order chi connectivity index (χ0) is 22.0. The van der Waals surface area contributed by atoms with E-state index < -0.39 is 17.8 Å². The second-order valence-corrected chi connectivity index (χ2v) is 7.91. The van der Waals surface area contributed by atoms with Gasteiger partial charge in [-0.15, -0.1) is 16.4 Å². The van der Waals surface area contributed by atoms with E-state index in [0.29, 0.717) is 22.9 Å². The number of amides is 1. The average molecular weight is 438 g/mol. The number of aryl methyl sites for hydroxylation is 1. The lowest BCUT2D eigenvalue weighted by Crippen LogP contribution is -2.25. The minimum atomic E-state index is -0.609. The molecule has 1 atom stereocenters. The number of halogens is 1. The highest BCUT2D eigenvalue weighted by atomic mass is 32.1. The molecule has 0 bridgehead atoms. The van der Waals surface area contributed by atoms with Crippen LogP contribution in [0.15, 0.2) is 53.9 Å². The SMILES string of the molecule is Cc1nc(CNC(=O)c2nc(-c3cccs3)n(-c3cccc(F)c3)n2)ccc1[C@H](C)O. The Hall–Kier alpha value is -3.43. The van der Waals surface area contributed by atoms with Gasteiger partial charge in [-0.3, -0.25) is 9.78 Å². The van der Waals surface area contributed by atoms with Crippen LogP contribution in [0.2, 0.25) is 0 Å². The fraction of sp³-hybridized carbons (Fsp3) is 0.182. The number of nitrogens with one attached hydrogen (secondary N) is 1. The molecule has 4 rings (SSSR count). The molecule has 158 valence electrons. The Morgan fingerprint density at radius 3 is 2.74 bits per heavy atom. The van der Waals surface area contributed by atoms with Gasteiger partial charge in [0.15, 0.2) is 5.82 Å². The summed E-state index contributed by atoms with van der Waals surface area (Å²) in [5, 5.41) is 18.7. The van der Waals surface area contributed by atoms with E-state index >= 15 is 0 Å². The zero-order valence-corrected chi connectivity index (χ0v) is 17.7. The molecule has 0 saturated carbocycles. The van der Waals surface area contributed by atoms with Crippen molar-refractivity contribution in [1.82, 2.24) is 25.1 Å². The van der Waals surface area contributed by atoms with Crippen LogP contribution in [0.5, 0.6) is 0 Å². The third-order valence-electron chi connectivity index (χ3n) is 4.67. The number of hydrogen-bond acceptors (Lipinski definition) is 6. The van der Waals surface area contributed by atoms with Gasteiger partial charge in [-0.1, -0.05) is 18.2 Å². The lowest BCUT2D eigenvalue weighted by Gasteiger charge is -2.10. The molecule has 4 aromatic rings. The molecular weight excluding hydrogens is 417 g/mol. The molecule has 7 nitrogen and oxygen atoms in total. The zero-order valence-electron chi connectivity index (χ0n) is 16.9. The predicted molar refractivity (Wildman–Crippen MR) is 115 cm³/mol. The van der Waals surface area contributed by atoms with Crippen molar-refractivity contribution in [1.29, 1.82) is 0 Å². The van der Waals surface area contributed by atoms with E-state index in [1.807, 2.05) is 24.4 Å². The fourth-order valence-electron chi connectivity index (χ4n) is 3.18. The Balaban J connectivity index is 1.59. The molecule has 1 aromatic carbocycles. The second-order valence-electron chi connectivity index (χ2n) is 6.96. The highest BCUT2D eigenvalue weighted by Crippen LogP contribution is 2.26. The Labute approximate surface area is 182 Å². The van der Waals surface area contributed by atoms with Crippen LogP contribution < -0.4 is 5.32 Å². The van der Waals surface area contributed by atoms with Crippen LogP contribution in [0.25, 0.3) is 16.4 Å². The van der Waals surface area contributed by atoms with E-state index in [1.54, 1.807) is 31.2 Å². The van der Waals surface area contributed by atoms with Crippen LogP contribution in [0.3, 0.4) is 0 Å². The molecule has 3 aromatic heterocycles. The maximum absolute atomic E-state index is 13.8. The molecule has 0 unspecified atom stereocenters. The first kappa shape index (κ1) is 20.8. The highest BCUT2D eigenvalue weighted by Gasteiger charge is 2.20. The lowest BCUT2D eigenvalue weighted by atomic mass is 10.1. The maximum atomic E-state index is 13.8. The minimum absolute atomic E-state index is 0.0232. The summed E-state index contributed by atoms with van der Waals surface area (Å²) in [4.78, 5) is 22.4. The summed E-state index contributed by atoms with van der Waals surface area (Å²) < 4.78 is 15.2. The number of hydrogen-bond donors (Lipinski definition) is 2. The van der Waals surface area contributed by atoms with Crippen molar-refractivity contribution >= 4 is 17.2 Å². The number of carbonyl (C=O) groups is 1. The quantitative estimate of drug-likeness (QED) is 0.478. The van der Waals surface area contributed by atoms with Gasteiger partial charge in [0, 0.05) is 11.3 Å². The number of aromatic nitrogens is 4. The van der Waals surface area contributed by atoms with Crippen molar-refractivity contribution < 1.29 is 14.3 Å². The molecule has 3 heterocycles. The maximum Gasteiger partial charge on any atom is 0.291 e. The van der Waals surface area contributed by atoms with Gasteiger partial charge in [0.25, 0.3) is 5.91 Å². The monoisotopic (exact) mass is 437 g/mol. The minimum Gasteiger partial charge on any atom is -0.389 e. The number of thiophene rings is 1. The van der Waals surface area contributed by atoms with E-state index in [-0.39, 0.29) is 12.4 Å². The summed E-state index contributed by atoms with van der Waals surface area (Å²) >= 11 is 1.45. The van der Waals surface area contributed by atoms with E-state index in [1.165, 1.54) is 28.2 Å². The Morgan fingerprint density at radius 2 is 2.06 bits per heavy atom. The number of carbonyl (C=O) groups excluding carboxylic acids is 1. The Morgan fingerprint density at radius 1 is 1.23 bits per heavy atom. The first-order valence-electron chi connectivity index (χ1n) is 9.62. The van der Waals surface area contributed by atoms with Gasteiger partial charge >= 0.3 is 0 Å². The molecule has 31 heavy (non-hydrogen) atoms. The number of aliphatic hydroxyl groups excluding tert-OH is 1. The smallest absolute Gasteiger partial charge is 0.291 e. The van der Waals surface area contributed by atoms with Gasteiger partial charge < -0.3 is 10.4 Å². The molecule has 9 heteroatoms. The Bertz CT molecular complexity index is 1220. The fourth-order valence-corrected chi connectivity index (χ4v) is 3.87. The normalized spacial score (nSPS) is 12.0.